The van der Waals surface area contributed by atoms with Crippen molar-refractivity contribution >= 4 is 11.6 Å². The molecule has 0 aromatic heterocycles. The molecule has 1 aliphatic carbocycles. The highest BCUT2D eigenvalue weighted by atomic mass is 16.2. The summed E-state index contributed by atoms with van der Waals surface area (Å²) >= 11 is 0. The molecule has 1 fully saturated rings. The molecule has 2 atom stereocenters. The number of para-hydroxylation sites is 1. The van der Waals surface area contributed by atoms with Crippen molar-refractivity contribution in [2.45, 2.75) is 57.8 Å². The minimum absolute atomic E-state index is 0.211. The van der Waals surface area contributed by atoms with Crippen LogP contribution in [0.1, 0.15) is 50.3 Å². The first-order valence-electron chi connectivity index (χ1n) is 9.33. The Morgan fingerprint density at radius 2 is 1.76 bits per heavy atom. The number of nitrogens with zero attached hydrogens (tertiary/aromatic N) is 2. The van der Waals surface area contributed by atoms with Crippen LogP contribution in [0.2, 0.25) is 0 Å². The zero-order chi connectivity index (χ0) is 17.4. The molecule has 0 bridgehead atoms. The lowest BCUT2D eigenvalue weighted by Crippen LogP contribution is -2.45. The second-order valence-corrected chi connectivity index (χ2v) is 7.43. The lowest BCUT2D eigenvalue weighted by molar-refractivity contribution is -0.132. The van der Waals surface area contributed by atoms with Gasteiger partial charge in [-0.2, -0.15) is 0 Å². The molecule has 0 unspecified atom stereocenters. The average molecular weight is 334 g/mol. The van der Waals surface area contributed by atoms with Crippen LogP contribution in [0.3, 0.4) is 0 Å². The molecule has 3 nitrogen and oxygen atoms in total. The zero-order valence-corrected chi connectivity index (χ0v) is 15.1. The van der Waals surface area contributed by atoms with Crippen LogP contribution in [0.15, 0.2) is 54.6 Å². The molecule has 0 radical (unpaired) electrons. The van der Waals surface area contributed by atoms with Gasteiger partial charge in [-0.1, -0.05) is 48.5 Å². The highest BCUT2D eigenvalue weighted by molar-refractivity contribution is 5.75. The van der Waals surface area contributed by atoms with Gasteiger partial charge in [0, 0.05) is 31.2 Å². The molecule has 3 heteroatoms. The van der Waals surface area contributed by atoms with E-state index in [1.807, 2.05) is 0 Å². The predicted octanol–water partition coefficient (Wildman–Crippen LogP) is 4.54. The van der Waals surface area contributed by atoms with Crippen LogP contribution in [-0.2, 0) is 11.3 Å². The van der Waals surface area contributed by atoms with Crippen LogP contribution in [0.25, 0.3) is 0 Å². The van der Waals surface area contributed by atoms with E-state index < -0.39 is 0 Å². The molecule has 25 heavy (non-hydrogen) atoms. The van der Waals surface area contributed by atoms with Gasteiger partial charge in [0.1, 0.15) is 0 Å². The smallest absolute Gasteiger partial charge is 0.220 e. The van der Waals surface area contributed by atoms with Crippen molar-refractivity contribution in [1.29, 1.82) is 0 Å². The highest BCUT2D eigenvalue weighted by Crippen LogP contribution is 2.44. The number of anilines is 1. The van der Waals surface area contributed by atoms with Crippen LogP contribution < -0.4 is 4.90 Å². The van der Waals surface area contributed by atoms with Crippen LogP contribution >= 0.6 is 0 Å². The fraction of sp³-hybridized carbons (Fsp3) is 0.409. The molecule has 2 aromatic carbocycles. The molecular weight excluding hydrogens is 308 g/mol. The summed E-state index contributed by atoms with van der Waals surface area (Å²) in [5.41, 5.74) is 3.91. The third-order valence-electron chi connectivity index (χ3n) is 5.54. The molecule has 130 valence electrons. The Morgan fingerprint density at radius 3 is 2.44 bits per heavy atom. The lowest BCUT2D eigenvalue weighted by Gasteiger charge is -2.44. The number of hydrogen-bond acceptors (Lipinski definition) is 2. The SMILES string of the molecule is CC(=O)N(C1CC1)[C@@H]1C[C@H](C)N(Cc2ccccc2)c2ccccc21. The van der Waals surface area contributed by atoms with Gasteiger partial charge in [0.25, 0.3) is 0 Å². The molecule has 1 aliphatic heterocycles. The molecule has 0 spiro atoms. The normalized spacial score (nSPS) is 22.4. The minimum atomic E-state index is 0.211. The number of hydrogen-bond donors (Lipinski definition) is 0. The number of benzene rings is 2. The Hall–Kier alpha value is -2.29. The Morgan fingerprint density at radius 1 is 1.08 bits per heavy atom. The third kappa shape index (κ3) is 3.15. The Kier molecular flexibility index (Phi) is 4.24. The van der Waals surface area contributed by atoms with E-state index in [0.29, 0.717) is 12.1 Å². The second kappa shape index (κ2) is 6.55. The summed E-state index contributed by atoms with van der Waals surface area (Å²) in [6, 6.07) is 20.3. The van der Waals surface area contributed by atoms with Gasteiger partial charge in [-0.25, -0.2) is 0 Å². The average Bonchev–Trinajstić information content (AvgIpc) is 3.44. The number of carbonyl (C=O) groups excluding carboxylic acids is 1. The van der Waals surface area contributed by atoms with Gasteiger partial charge < -0.3 is 9.80 Å². The molecule has 0 N–H and O–H groups in total. The molecule has 1 saturated carbocycles. The third-order valence-corrected chi connectivity index (χ3v) is 5.54. The topological polar surface area (TPSA) is 23.6 Å². The maximum atomic E-state index is 12.3. The number of rotatable bonds is 4. The van der Waals surface area contributed by atoms with Crippen molar-refractivity contribution in [1.82, 2.24) is 4.90 Å². The van der Waals surface area contributed by atoms with Crippen LogP contribution in [0, 0.1) is 0 Å². The van der Waals surface area contributed by atoms with Gasteiger partial charge in [-0.3, -0.25) is 4.79 Å². The fourth-order valence-corrected chi connectivity index (χ4v) is 4.21. The first kappa shape index (κ1) is 16.2. The highest BCUT2D eigenvalue weighted by Gasteiger charge is 2.40. The molecular formula is C22H26N2O. The molecule has 0 saturated heterocycles. The summed E-state index contributed by atoms with van der Waals surface area (Å²) < 4.78 is 0. The van der Waals surface area contributed by atoms with Gasteiger partial charge in [-0.05, 0) is 43.4 Å². The largest absolute Gasteiger partial charge is 0.364 e. The van der Waals surface area contributed by atoms with Crippen molar-refractivity contribution < 1.29 is 4.79 Å². The van der Waals surface area contributed by atoms with E-state index in [1.54, 1.807) is 6.92 Å². The van der Waals surface area contributed by atoms with Gasteiger partial charge in [0.05, 0.1) is 6.04 Å². The standard InChI is InChI=1S/C22H26N2O/c1-16-14-22(24(17(2)25)19-12-13-19)20-10-6-7-11-21(20)23(16)15-18-8-4-3-5-9-18/h3-11,16,19,22H,12-15H2,1-2H3/t16-,22+/m0/s1. The van der Waals surface area contributed by atoms with Crippen molar-refractivity contribution in [2.75, 3.05) is 4.90 Å². The van der Waals surface area contributed by atoms with Crippen LogP contribution in [0.5, 0.6) is 0 Å². The lowest BCUT2D eigenvalue weighted by atomic mass is 9.90. The van der Waals surface area contributed by atoms with E-state index in [-0.39, 0.29) is 11.9 Å². The van der Waals surface area contributed by atoms with Crippen LogP contribution in [0.4, 0.5) is 5.69 Å². The van der Waals surface area contributed by atoms with Crippen LogP contribution in [-0.4, -0.2) is 22.9 Å². The molecule has 2 aliphatic rings. The summed E-state index contributed by atoms with van der Waals surface area (Å²) in [5.74, 6) is 0.214. The van der Waals surface area contributed by atoms with Gasteiger partial charge in [0.2, 0.25) is 5.91 Å². The summed E-state index contributed by atoms with van der Waals surface area (Å²) in [4.78, 5) is 17.0. The Balaban J connectivity index is 1.69. The van der Waals surface area contributed by atoms with Gasteiger partial charge in [-0.15, -0.1) is 0 Å². The number of amides is 1. The number of fused-ring (bicyclic) bond motifs is 1. The zero-order valence-electron chi connectivity index (χ0n) is 15.1. The van der Waals surface area contributed by atoms with E-state index >= 15 is 0 Å². The van der Waals surface area contributed by atoms with Gasteiger partial charge >= 0.3 is 0 Å². The summed E-state index contributed by atoms with van der Waals surface area (Å²) in [6.45, 7) is 4.92. The second-order valence-electron chi connectivity index (χ2n) is 7.43. The molecule has 1 amide bonds. The maximum absolute atomic E-state index is 12.3. The molecule has 4 rings (SSSR count). The van der Waals surface area contributed by atoms with Crippen molar-refractivity contribution in [3.63, 3.8) is 0 Å². The van der Waals surface area contributed by atoms with E-state index in [2.05, 4.69) is 71.3 Å². The van der Waals surface area contributed by atoms with Crippen molar-refractivity contribution in [3.8, 4) is 0 Å². The van der Waals surface area contributed by atoms with Gasteiger partial charge in [0.15, 0.2) is 0 Å². The van der Waals surface area contributed by atoms with E-state index in [0.717, 1.165) is 25.8 Å². The molecule has 1 heterocycles. The first-order valence-corrected chi connectivity index (χ1v) is 9.33. The minimum Gasteiger partial charge on any atom is -0.364 e. The van der Waals surface area contributed by atoms with E-state index in [4.69, 9.17) is 0 Å². The van der Waals surface area contributed by atoms with E-state index in [1.165, 1.54) is 16.8 Å². The fourth-order valence-electron chi connectivity index (χ4n) is 4.21. The predicted molar refractivity (Wildman–Crippen MR) is 101 cm³/mol. The maximum Gasteiger partial charge on any atom is 0.220 e. The monoisotopic (exact) mass is 334 g/mol. The summed E-state index contributed by atoms with van der Waals surface area (Å²) in [7, 11) is 0. The summed E-state index contributed by atoms with van der Waals surface area (Å²) in [6.07, 6.45) is 3.31. The molecule has 2 aromatic rings. The van der Waals surface area contributed by atoms with E-state index in [9.17, 15) is 4.79 Å². The number of carbonyl (C=O) groups is 1. The van der Waals surface area contributed by atoms with Crippen molar-refractivity contribution in [2.24, 2.45) is 0 Å². The van der Waals surface area contributed by atoms with Crippen molar-refractivity contribution in [3.05, 3.63) is 65.7 Å². The Labute approximate surface area is 150 Å². The first-order chi connectivity index (χ1) is 12.1. The Bertz CT molecular complexity index is 754. The summed E-state index contributed by atoms with van der Waals surface area (Å²) in [5, 5.41) is 0. The quantitative estimate of drug-likeness (QED) is 0.820.